The first-order valence-corrected chi connectivity index (χ1v) is 8.93. The van der Waals surface area contributed by atoms with Crippen molar-refractivity contribution in [3.05, 3.63) is 35.9 Å². The maximum Gasteiger partial charge on any atom is 0.317 e. The number of carbonyl (C=O) groups is 1. The van der Waals surface area contributed by atoms with E-state index in [1.54, 1.807) is 0 Å². The molecule has 0 aromatic heterocycles. The van der Waals surface area contributed by atoms with Crippen LogP contribution in [-0.4, -0.2) is 41.8 Å². The van der Waals surface area contributed by atoms with Crippen molar-refractivity contribution in [3.63, 3.8) is 0 Å². The fourth-order valence-corrected chi connectivity index (χ4v) is 3.29. The summed E-state index contributed by atoms with van der Waals surface area (Å²) >= 11 is 0. The predicted molar refractivity (Wildman–Crippen MR) is 93.4 cm³/mol. The number of aliphatic hydroxyl groups is 1. The number of hydrogen-bond donors (Lipinski definition) is 2. The van der Waals surface area contributed by atoms with Crippen LogP contribution in [0.25, 0.3) is 0 Å². The third-order valence-corrected chi connectivity index (χ3v) is 4.65. The molecule has 1 aromatic carbocycles. The minimum absolute atomic E-state index is 0.0367. The monoisotopic (exact) mass is 318 g/mol. The SMILES string of the molecule is CCCC(CCc1ccccc1)NC(=O)N1CCCC(CO)C1. The summed E-state index contributed by atoms with van der Waals surface area (Å²) in [7, 11) is 0. The van der Waals surface area contributed by atoms with Gasteiger partial charge in [-0.25, -0.2) is 4.79 Å². The first kappa shape index (κ1) is 17.8. The Kier molecular flexibility index (Phi) is 7.40. The molecule has 4 heteroatoms. The van der Waals surface area contributed by atoms with Crippen LogP contribution in [0.2, 0.25) is 0 Å². The summed E-state index contributed by atoms with van der Waals surface area (Å²) in [5.74, 6) is 0.239. The lowest BCUT2D eigenvalue weighted by atomic mass is 9.99. The molecule has 1 aliphatic rings. The summed E-state index contributed by atoms with van der Waals surface area (Å²) in [5.41, 5.74) is 1.32. The Bertz CT molecular complexity index is 464. The number of rotatable bonds is 7. The highest BCUT2D eigenvalue weighted by Gasteiger charge is 2.24. The van der Waals surface area contributed by atoms with Gasteiger partial charge in [-0.05, 0) is 43.6 Å². The standard InChI is InChI=1S/C19H30N2O2/c1-2-7-18(12-11-16-8-4-3-5-9-16)20-19(23)21-13-6-10-17(14-21)15-22/h3-5,8-9,17-18,22H,2,6-7,10-15H2,1H3,(H,20,23). The van der Waals surface area contributed by atoms with Crippen LogP contribution < -0.4 is 5.32 Å². The van der Waals surface area contributed by atoms with E-state index >= 15 is 0 Å². The normalized spacial score (nSPS) is 19.4. The molecule has 4 nitrogen and oxygen atoms in total. The number of amides is 2. The van der Waals surface area contributed by atoms with Crippen LogP contribution in [0, 0.1) is 5.92 Å². The molecule has 1 saturated heterocycles. The van der Waals surface area contributed by atoms with Gasteiger partial charge in [0.1, 0.15) is 0 Å². The molecule has 0 spiro atoms. The van der Waals surface area contributed by atoms with E-state index in [4.69, 9.17) is 0 Å². The van der Waals surface area contributed by atoms with E-state index in [-0.39, 0.29) is 24.6 Å². The van der Waals surface area contributed by atoms with Gasteiger partial charge in [-0.15, -0.1) is 0 Å². The van der Waals surface area contributed by atoms with Gasteiger partial charge in [0.2, 0.25) is 0 Å². The summed E-state index contributed by atoms with van der Waals surface area (Å²) < 4.78 is 0. The Labute approximate surface area is 139 Å². The molecule has 2 amide bonds. The van der Waals surface area contributed by atoms with Crippen molar-refractivity contribution in [2.45, 2.75) is 51.5 Å². The van der Waals surface area contributed by atoms with Crippen LogP contribution in [0.3, 0.4) is 0 Å². The molecule has 2 rings (SSSR count). The molecular weight excluding hydrogens is 288 g/mol. The van der Waals surface area contributed by atoms with Crippen molar-refractivity contribution in [1.82, 2.24) is 10.2 Å². The van der Waals surface area contributed by atoms with E-state index < -0.39 is 0 Å². The molecule has 2 N–H and O–H groups in total. The Morgan fingerprint density at radius 3 is 2.83 bits per heavy atom. The first-order valence-electron chi connectivity index (χ1n) is 8.93. The molecule has 1 fully saturated rings. The maximum atomic E-state index is 12.5. The fourth-order valence-electron chi connectivity index (χ4n) is 3.29. The zero-order valence-corrected chi connectivity index (χ0v) is 14.2. The average molecular weight is 318 g/mol. The van der Waals surface area contributed by atoms with Crippen molar-refractivity contribution < 1.29 is 9.90 Å². The van der Waals surface area contributed by atoms with Gasteiger partial charge in [0.05, 0.1) is 0 Å². The molecule has 1 aliphatic heterocycles. The van der Waals surface area contributed by atoms with Gasteiger partial charge >= 0.3 is 6.03 Å². The average Bonchev–Trinajstić information content (AvgIpc) is 2.60. The molecule has 2 unspecified atom stereocenters. The highest BCUT2D eigenvalue weighted by molar-refractivity contribution is 5.74. The molecular formula is C19H30N2O2. The van der Waals surface area contributed by atoms with Gasteiger partial charge < -0.3 is 15.3 Å². The molecule has 23 heavy (non-hydrogen) atoms. The van der Waals surface area contributed by atoms with Gasteiger partial charge in [-0.1, -0.05) is 43.7 Å². The van der Waals surface area contributed by atoms with E-state index in [1.165, 1.54) is 5.56 Å². The van der Waals surface area contributed by atoms with E-state index in [0.717, 1.165) is 45.1 Å². The number of benzene rings is 1. The Morgan fingerprint density at radius 2 is 2.13 bits per heavy atom. The summed E-state index contributed by atoms with van der Waals surface area (Å²) in [6.07, 6.45) is 6.05. The number of aliphatic hydroxyl groups excluding tert-OH is 1. The number of hydrogen-bond acceptors (Lipinski definition) is 2. The minimum Gasteiger partial charge on any atom is -0.396 e. The van der Waals surface area contributed by atoms with E-state index in [1.807, 2.05) is 11.0 Å². The molecule has 0 saturated carbocycles. The second kappa shape index (κ2) is 9.56. The lowest BCUT2D eigenvalue weighted by Crippen LogP contribution is -2.49. The van der Waals surface area contributed by atoms with Gasteiger partial charge in [-0.2, -0.15) is 0 Å². The van der Waals surface area contributed by atoms with Gasteiger partial charge in [-0.3, -0.25) is 0 Å². The molecule has 1 aromatic rings. The third-order valence-electron chi connectivity index (χ3n) is 4.65. The second-order valence-electron chi connectivity index (χ2n) is 6.60. The number of piperidine rings is 1. The lowest BCUT2D eigenvalue weighted by molar-refractivity contribution is 0.127. The van der Waals surface area contributed by atoms with Crippen LogP contribution >= 0.6 is 0 Å². The van der Waals surface area contributed by atoms with E-state index in [0.29, 0.717) is 6.54 Å². The first-order chi connectivity index (χ1) is 11.2. The number of nitrogens with one attached hydrogen (secondary N) is 1. The number of nitrogens with zero attached hydrogens (tertiary/aromatic N) is 1. The summed E-state index contributed by atoms with van der Waals surface area (Å²) in [6, 6.07) is 10.7. The van der Waals surface area contributed by atoms with E-state index in [9.17, 15) is 9.90 Å². The Hall–Kier alpha value is -1.55. The number of carbonyl (C=O) groups excluding carboxylic acids is 1. The number of likely N-dealkylation sites (tertiary alicyclic amines) is 1. The molecule has 0 radical (unpaired) electrons. The van der Waals surface area contributed by atoms with Crippen molar-refractivity contribution >= 4 is 6.03 Å². The molecule has 0 aliphatic carbocycles. The molecule has 0 bridgehead atoms. The Morgan fingerprint density at radius 1 is 1.35 bits per heavy atom. The maximum absolute atomic E-state index is 12.5. The van der Waals surface area contributed by atoms with Crippen LogP contribution in [0.4, 0.5) is 4.79 Å². The zero-order chi connectivity index (χ0) is 16.5. The highest BCUT2D eigenvalue weighted by atomic mass is 16.3. The quantitative estimate of drug-likeness (QED) is 0.811. The Balaban J connectivity index is 1.84. The predicted octanol–water partition coefficient (Wildman–Crippen LogP) is 3.20. The van der Waals surface area contributed by atoms with Crippen molar-refractivity contribution in [1.29, 1.82) is 0 Å². The van der Waals surface area contributed by atoms with Crippen LogP contribution in [-0.2, 0) is 6.42 Å². The molecule has 1 heterocycles. The largest absolute Gasteiger partial charge is 0.396 e. The molecule has 128 valence electrons. The molecule has 2 atom stereocenters. The van der Waals surface area contributed by atoms with Crippen molar-refractivity contribution in [2.24, 2.45) is 5.92 Å². The third kappa shape index (κ3) is 5.87. The van der Waals surface area contributed by atoms with Gasteiger partial charge in [0.25, 0.3) is 0 Å². The summed E-state index contributed by atoms with van der Waals surface area (Å²) in [5, 5.41) is 12.5. The highest BCUT2D eigenvalue weighted by Crippen LogP contribution is 2.16. The second-order valence-corrected chi connectivity index (χ2v) is 6.60. The van der Waals surface area contributed by atoms with E-state index in [2.05, 4.69) is 36.5 Å². The summed E-state index contributed by atoms with van der Waals surface area (Å²) in [6.45, 7) is 3.82. The van der Waals surface area contributed by atoms with Crippen LogP contribution in [0.1, 0.15) is 44.6 Å². The van der Waals surface area contributed by atoms with Gasteiger partial charge in [0, 0.05) is 25.7 Å². The lowest BCUT2D eigenvalue weighted by Gasteiger charge is -2.33. The smallest absolute Gasteiger partial charge is 0.317 e. The van der Waals surface area contributed by atoms with Crippen LogP contribution in [0.5, 0.6) is 0 Å². The number of aryl methyl sites for hydroxylation is 1. The van der Waals surface area contributed by atoms with Crippen molar-refractivity contribution in [3.8, 4) is 0 Å². The van der Waals surface area contributed by atoms with Crippen LogP contribution in [0.15, 0.2) is 30.3 Å². The minimum atomic E-state index is 0.0367. The fraction of sp³-hybridized carbons (Fsp3) is 0.632. The van der Waals surface area contributed by atoms with Crippen molar-refractivity contribution in [2.75, 3.05) is 19.7 Å². The summed E-state index contributed by atoms with van der Waals surface area (Å²) in [4.78, 5) is 14.4. The topological polar surface area (TPSA) is 52.6 Å². The number of urea groups is 1. The van der Waals surface area contributed by atoms with Gasteiger partial charge in [0.15, 0.2) is 0 Å². The zero-order valence-electron chi connectivity index (χ0n) is 14.2.